The van der Waals surface area contributed by atoms with Gasteiger partial charge in [0, 0.05) is 11.1 Å². The summed E-state index contributed by atoms with van der Waals surface area (Å²) in [6.45, 7) is 2.02. The van der Waals surface area contributed by atoms with Crippen molar-refractivity contribution in [3.05, 3.63) is 57.2 Å². The maximum atomic E-state index is 6.27. The predicted molar refractivity (Wildman–Crippen MR) is 89.6 cm³/mol. The van der Waals surface area contributed by atoms with Crippen molar-refractivity contribution in [2.45, 2.75) is 13.0 Å². The van der Waals surface area contributed by atoms with Crippen LogP contribution in [-0.4, -0.2) is 10.2 Å². The zero-order valence-electron chi connectivity index (χ0n) is 11.1. The van der Waals surface area contributed by atoms with Gasteiger partial charge in [0.2, 0.25) is 0 Å². The van der Waals surface area contributed by atoms with Crippen molar-refractivity contribution >= 4 is 51.4 Å². The van der Waals surface area contributed by atoms with Gasteiger partial charge in [-0.05, 0) is 36.8 Å². The molecule has 0 bridgehead atoms. The van der Waals surface area contributed by atoms with Crippen LogP contribution in [0.5, 0.6) is 0 Å². The SMILES string of the molecule is CC(Nc1ccc2[nH]ncc2c1)c1ccc(Cl)c(Cl)c1Cl. The van der Waals surface area contributed by atoms with Crippen LogP contribution in [0, 0.1) is 0 Å². The van der Waals surface area contributed by atoms with Crippen LogP contribution in [-0.2, 0) is 0 Å². The van der Waals surface area contributed by atoms with Crippen molar-refractivity contribution in [3.8, 4) is 0 Å². The standard InChI is InChI=1S/C15H12Cl3N3/c1-8(11-3-4-12(16)15(18)14(11)17)20-10-2-5-13-9(6-10)7-19-21-13/h2-8,20H,1H3,(H,19,21). The highest BCUT2D eigenvalue weighted by molar-refractivity contribution is 6.48. The fourth-order valence-corrected chi connectivity index (χ4v) is 2.94. The van der Waals surface area contributed by atoms with E-state index in [1.807, 2.05) is 31.2 Å². The van der Waals surface area contributed by atoms with Gasteiger partial charge in [-0.25, -0.2) is 0 Å². The lowest BCUT2D eigenvalue weighted by atomic mass is 10.1. The van der Waals surface area contributed by atoms with Gasteiger partial charge in [-0.15, -0.1) is 0 Å². The van der Waals surface area contributed by atoms with E-state index in [0.29, 0.717) is 15.1 Å². The molecule has 2 aromatic carbocycles. The van der Waals surface area contributed by atoms with Gasteiger partial charge < -0.3 is 5.32 Å². The smallest absolute Gasteiger partial charge is 0.0782 e. The normalized spacial score (nSPS) is 12.6. The van der Waals surface area contributed by atoms with E-state index in [9.17, 15) is 0 Å². The number of halogens is 3. The lowest BCUT2D eigenvalue weighted by Crippen LogP contribution is -2.07. The molecule has 0 spiro atoms. The first kappa shape index (κ1) is 14.5. The monoisotopic (exact) mass is 339 g/mol. The molecule has 21 heavy (non-hydrogen) atoms. The average Bonchev–Trinajstić information content (AvgIpc) is 2.92. The second kappa shape index (κ2) is 5.76. The van der Waals surface area contributed by atoms with Crippen LogP contribution in [0.2, 0.25) is 15.1 Å². The fraction of sp³-hybridized carbons (Fsp3) is 0.133. The van der Waals surface area contributed by atoms with Crippen molar-refractivity contribution < 1.29 is 0 Å². The molecule has 0 aliphatic carbocycles. The molecule has 0 amide bonds. The molecule has 6 heteroatoms. The second-order valence-corrected chi connectivity index (χ2v) is 5.97. The van der Waals surface area contributed by atoms with E-state index in [-0.39, 0.29) is 6.04 Å². The fourth-order valence-electron chi connectivity index (χ4n) is 2.24. The van der Waals surface area contributed by atoms with Crippen LogP contribution in [0.25, 0.3) is 10.9 Å². The number of H-pyrrole nitrogens is 1. The van der Waals surface area contributed by atoms with Gasteiger partial charge in [-0.3, -0.25) is 5.10 Å². The molecule has 3 nitrogen and oxygen atoms in total. The van der Waals surface area contributed by atoms with E-state index in [4.69, 9.17) is 34.8 Å². The molecule has 2 N–H and O–H groups in total. The topological polar surface area (TPSA) is 40.7 Å². The second-order valence-electron chi connectivity index (χ2n) is 4.80. The molecule has 1 heterocycles. The molecule has 3 rings (SSSR count). The molecular weight excluding hydrogens is 329 g/mol. The molecule has 0 aliphatic rings. The first-order valence-electron chi connectivity index (χ1n) is 6.39. The number of benzene rings is 2. The molecule has 0 saturated heterocycles. The minimum Gasteiger partial charge on any atom is -0.378 e. The Morgan fingerprint density at radius 2 is 1.90 bits per heavy atom. The zero-order valence-corrected chi connectivity index (χ0v) is 13.4. The van der Waals surface area contributed by atoms with E-state index < -0.39 is 0 Å². The lowest BCUT2D eigenvalue weighted by Gasteiger charge is -2.18. The Hall–Kier alpha value is -1.42. The molecule has 0 radical (unpaired) electrons. The van der Waals surface area contributed by atoms with E-state index in [1.165, 1.54) is 0 Å². The van der Waals surface area contributed by atoms with Crippen molar-refractivity contribution in [2.24, 2.45) is 0 Å². The van der Waals surface area contributed by atoms with Crippen LogP contribution < -0.4 is 5.32 Å². The van der Waals surface area contributed by atoms with Gasteiger partial charge in [0.05, 0.1) is 32.8 Å². The number of aromatic amines is 1. The number of anilines is 1. The Morgan fingerprint density at radius 1 is 1.10 bits per heavy atom. The maximum Gasteiger partial charge on any atom is 0.0782 e. The van der Waals surface area contributed by atoms with E-state index in [1.54, 1.807) is 12.3 Å². The molecular formula is C15H12Cl3N3. The zero-order chi connectivity index (χ0) is 15.0. The van der Waals surface area contributed by atoms with Crippen LogP contribution in [0.1, 0.15) is 18.5 Å². The Bertz CT molecular complexity index is 798. The molecule has 3 aromatic rings. The summed E-state index contributed by atoms with van der Waals surface area (Å²) in [6.07, 6.45) is 1.79. The van der Waals surface area contributed by atoms with Crippen molar-refractivity contribution in [3.63, 3.8) is 0 Å². The third-order valence-electron chi connectivity index (χ3n) is 3.35. The van der Waals surface area contributed by atoms with Gasteiger partial charge in [-0.2, -0.15) is 5.10 Å². The van der Waals surface area contributed by atoms with E-state index in [0.717, 1.165) is 22.2 Å². The number of hydrogen-bond donors (Lipinski definition) is 2. The van der Waals surface area contributed by atoms with Crippen LogP contribution in [0.15, 0.2) is 36.5 Å². The highest BCUT2D eigenvalue weighted by atomic mass is 35.5. The Balaban J connectivity index is 1.88. The lowest BCUT2D eigenvalue weighted by molar-refractivity contribution is 0.885. The molecule has 1 unspecified atom stereocenters. The summed E-state index contributed by atoms with van der Waals surface area (Å²) in [7, 11) is 0. The number of rotatable bonds is 3. The van der Waals surface area contributed by atoms with Crippen molar-refractivity contribution in [1.82, 2.24) is 10.2 Å². The average molecular weight is 341 g/mol. The quantitative estimate of drug-likeness (QED) is 0.601. The summed E-state index contributed by atoms with van der Waals surface area (Å²) in [5, 5.41) is 12.7. The summed E-state index contributed by atoms with van der Waals surface area (Å²) >= 11 is 18.3. The molecule has 0 fully saturated rings. The highest BCUT2D eigenvalue weighted by Crippen LogP contribution is 2.36. The Labute approximate surface area is 137 Å². The highest BCUT2D eigenvalue weighted by Gasteiger charge is 2.14. The summed E-state index contributed by atoms with van der Waals surface area (Å²) in [5.41, 5.74) is 2.89. The van der Waals surface area contributed by atoms with Gasteiger partial charge >= 0.3 is 0 Å². The van der Waals surface area contributed by atoms with Crippen LogP contribution in [0.3, 0.4) is 0 Å². The molecule has 108 valence electrons. The third-order valence-corrected chi connectivity index (χ3v) is 4.66. The minimum absolute atomic E-state index is 0.00313. The number of aromatic nitrogens is 2. The van der Waals surface area contributed by atoms with Gasteiger partial charge in [0.25, 0.3) is 0 Å². The van der Waals surface area contributed by atoms with Gasteiger partial charge in [-0.1, -0.05) is 40.9 Å². The van der Waals surface area contributed by atoms with Gasteiger partial charge in [0.1, 0.15) is 0 Å². The number of hydrogen-bond acceptors (Lipinski definition) is 2. The summed E-state index contributed by atoms with van der Waals surface area (Å²) in [5.74, 6) is 0. The number of nitrogens with one attached hydrogen (secondary N) is 2. The first-order chi connectivity index (χ1) is 10.1. The summed E-state index contributed by atoms with van der Waals surface area (Å²) < 4.78 is 0. The number of nitrogens with zero attached hydrogens (tertiary/aromatic N) is 1. The summed E-state index contributed by atoms with van der Waals surface area (Å²) in [4.78, 5) is 0. The van der Waals surface area contributed by atoms with E-state index in [2.05, 4.69) is 15.5 Å². The van der Waals surface area contributed by atoms with Crippen LogP contribution in [0.4, 0.5) is 5.69 Å². The first-order valence-corrected chi connectivity index (χ1v) is 7.52. The molecule has 1 aromatic heterocycles. The Morgan fingerprint density at radius 3 is 2.71 bits per heavy atom. The third kappa shape index (κ3) is 2.82. The molecule has 1 atom stereocenters. The van der Waals surface area contributed by atoms with Crippen molar-refractivity contribution in [2.75, 3.05) is 5.32 Å². The molecule has 0 aliphatic heterocycles. The van der Waals surface area contributed by atoms with E-state index >= 15 is 0 Å². The largest absolute Gasteiger partial charge is 0.378 e. The van der Waals surface area contributed by atoms with Gasteiger partial charge in [0.15, 0.2) is 0 Å². The number of fused-ring (bicyclic) bond motifs is 1. The molecule has 0 saturated carbocycles. The predicted octanol–water partition coefficient (Wildman–Crippen LogP) is 5.70. The Kier molecular flexibility index (Phi) is 3.98. The van der Waals surface area contributed by atoms with Crippen LogP contribution >= 0.6 is 34.8 Å². The van der Waals surface area contributed by atoms with Crippen molar-refractivity contribution in [1.29, 1.82) is 0 Å². The maximum absolute atomic E-state index is 6.27. The summed E-state index contributed by atoms with van der Waals surface area (Å²) in [6, 6.07) is 9.63. The minimum atomic E-state index is -0.00313.